The lowest BCUT2D eigenvalue weighted by Crippen LogP contribution is -2.06. The first-order valence-corrected chi connectivity index (χ1v) is 7.32. The fourth-order valence-electron chi connectivity index (χ4n) is 1.77. The summed E-state index contributed by atoms with van der Waals surface area (Å²) in [6.07, 6.45) is 0. The quantitative estimate of drug-likeness (QED) is 0.674. The van der Waals surface area contributed by atoms with E-state index in [0.29, 0.717) is 10.9 Å². The van der Waals surface area contributed by atoms with Gasteiger partial charge in [0.05, 0.1) is 5.69 Å². The monoisotopic (exact) mass is 288 g/mol. The molecule has 2 N–H and O–H groups in total. The van der Waals surface area contributed by atoms with Gasteiger partial charge in [0.25, 0.3) is 0 Å². The van der Waals surface area contributed by atoms with Crippen molar-refractivity contribution in [3.63, 3.8) is 0 Å². The molecule has 2 aromatic rings. The van der Waals surface area contributed by atoms with Crippen molar-refractivity contribution in [2.24, 2.45) is 10.7 Å². The Kier molecular flexibility index (Phi) is 4.79. The molecule has 2 rings (SSSR count). The molecule has 0 aliphatic rings. The van der Waals surface area contributed by atoms with Crippen molar-refractivity contribution in [3.05, 3.63) is 65.0 Å². The Morgan fingerprint density at radius 1 is 1.20 bits per heavy atom. The molecule has 0 fully saturated rings. The Hall–Kier alpha value is -1.81. The molecule has 0 atom stereocenters. The summed E-state index contributed by atoms with van der Waals surface area (Å²) in [6, 6.07) is 12.6. The van der Waals surface area contributed by atoms with E-state index in [-0.39, 0.29) is 5.82 Å². The topological polar surface area (TPSA) is 38.4 Å². The molecule has 0 amide bonds. The van der Waals surface area contributed by atoms with E-state index in [1.54, 1.807) is 6.07 Å². The lowest BCUT2D eigenvalue weighted by molar-refractivity contribution is 0.626. The highest BCUT2D eigenvalue weighted by molar-refractivity contribution is 8.13. The van der Waals surface area contributed by atoms with Crippen molar-refractivity contribution >= 4 is 22.6 Å². The van der Waals surface area contributed by atoms with Gasteiger partial charge in [-0.3, -0.25) is 0 Å². The number of hydrogen-bond donors (Lipinski definition) is 1. The molecular formula is C16H17FN2S. The van der Waals surface area contributed by atoms with Crippen LogP contribution in [0, 0.1) is 19.7 Å². The minimum atomic E-state index is -0.229. The molecule has 0 heterocycles. The molecule has 0 radical (unpaired) electrons. The number of nitrogens with two attached hydrogens (primary N) is 1. The van der Waals surface area contributed by atoms with E-state index in [4.69, 9.17) is 5.73 Å². The first-order valence-electron chi connectivity index (χ1n) is 6.33. The fraction of sp³-hybridized carbons (Fsp3) is 0.188. The molecule has 0 saturated heterocycles. The number of amidine groups is 1. The second-order valence-electron chi connectivity index (χ2n) is 4.66. The van der Waals surface area contributed by atoms with Crippen LogP contribution in [0.5, 0.6) is 0 Å². The molecule has 2 nitrogen and oxygen atoms in total. The molecule has 0 aliphatic heterocycles. The van der Waals surface area contributed by atoms with Crippen LogP contribution in [0.4, 0.5) is 10.1 Å². The van der Waals surface area contributed by atoms with Gasteiger partial charge in [-0.25, -0.2) is 9.38 Å². The van der Waals surface area contributed by atoms with Crippen molar-refractivity contribution in [3.8, 4) is 0 Å². The lowest BCUT2D eigenvalue weighted by atomic mass is 10.1. The van der Waals surface area contributed by atoms with Gasteiger partial charge in [-0.15, -0.1) is 0 Å². The van der Waals surface area contributed by atoms with Crippen LogP contribution in [0.2, 0.25) is 0 Å². The van der Waals surface area contributed by atoms with E-state index in [1.807, 2.05) is 38.1 Å². The molecule has 4 heteroatoms. The molecule has 0 aliphatic carbocycles. The summed E-state index contributed by atoms with van der Waals surface area (Å²) in [5, 5.41) is 0.489. The van der Waals surface area contributed by atoms with Gasteiger partial charge < -0.3 is 5.73 Å². The van der Waals surface area contributed by atoms with Gasteiger partial charge in [0.2, 0.25) is 0 Å². The Morgan fingerprint density at radius 3 is 2.75 bits per heavy atom. The SMILES string of the molecule is Cc1ccc(C)c(N=C(N)SCc2cccc(F)c2)c1. The number of nitrogens with zero attached hydrogens (tertiary/aromatic N) is 1. The molecule has 0 spiro atoms. The van der Waals surface area contributed by atoms with Crippen molar-refractivity contribution in [1.29, 1.82) is 0 Å². The molecule has 0 bridgehead atoms. The number of aryl methyl sites for hydroxylation is 2. The van der Waals surface area contributed by atoms with Gasteiger partial charge >= 0.3 is 0 Å². The molecule has 0 unspecified atom stereocenters. The average molecular weight is 288 g/mol. The number of aliphatic imine (C=N–C) groups is 1. The van der Waals surface area contributed by atoms with Crippen molar-refractivity contribution in [2.75, 3.05) is 0 Å². The second kappa shape index (κ2) is 6.57. The van der Waals surface area contributed by atoms with Gasteiger partial charge in [-0.1, -0.05) is 36.0 Å². The van der Waals surface area contributed by atoms with E-state index < -0.39 is 0 Å². The first-order chi connectivity index (χ1) is 9.54. The van der Waals surface area contributed by atoms with Gasteiger partial charge in [0, 0.05) is 5.75 Å². The number of rotatable bonds is 3. The highest BCUT2D eigenvalue weighted by atomic mass is 32.2. The standard InChI is InChI=1S/C16H17FN2S/c1-11-6-7-12(2)15(8-11)19-16(18)20-10-13-4-3-5-14(17)9-13/h3-9H,10H2,1-2H3,(H2,18,19). The Balaban J connectivity index is 2.06. The number of halogens is 1. The number of benzene rings is 2. The summed E-state index contributed by atoms with van der Waals surface area (Å²) in [5.41, 5.74) is 9.95. The maximum atomic E-state index is 13.1. The van der Waals surface area contributed by atoms with Crippen LogP contribution in [0.15, 0.2) is 47.5 Å². The van der Waals surface area contributed by atoms with Crippen molar-refractivity contribution in [2.45, 2.75) is 19.6 Å². The molecule has 20 heavy (non-hydrogen) atoms. The third kappa shape index (κ3) is 4.10. The van der Waals surface area contributed by atoms with Crippen LogP contribution in [-0.2, 0) is 5.75 Å². The number of thioether (sulfide) groups is 1. The summed E-state index contributed by atoms with van der Waals surface area (Å²) in [6.45, 7) is 4.03. The van der Waals surface area contributed by atoms with E-state index >= 15 is 0 Å². The van der Waals surface area contributed by atoms with Gasteiger partial charge in [-0.2, -0.15) is 0 Å². The smallest absolute Gasteiger partial charge is 0.159 e. The molecule has 0 saturated carbocycles. The third-order valence-corrected chi connectivity index (χ3v) is 3.74. The van der Waals surface area contributed by atoms with E-state index in [2.05, 4.69) is 4.99 Å². The first kappa shape index (κ1) is 14.6. The zero-order valence-corrected chi connectivity index (χ0v) is 12.4. The summed E-state index contributed by atoms with van der Waals surface area (Å²) in [7, 11) is 0. The molecule has 104 valence electrons. The predicted molar refractivity (Wildman–Crippen MR) is 84.9 cm³/mol. The van der Waals surface area contributed by atoms with E-state index in [1.165, 1.54) is 23.9 Å². The molecular weight excluding hydrogens is 271 g/mol. The summed E-state index contributed by atoms with van der Waals surface area (Å²) < 4.78 is 13.1. The zero-order chi connectivity index (χ0) is 14.5. The fourth-order valence-corrected chi connectivity index (χ4v) is 2.43. The summed E-state index contributed by atoms with van der Waals surface area (Å²) in [4.78, 5) is 4.42. The van der Waals surface area contributed by atoms with Crippen LogP contribution < -0.4 is 5.73 Å². The highest BCUT2D eigenvalue weighted by Crippen LogP contribution is 2.22. The van der Waals surface area contributed by atoms with Crippen LogP contribution in [0.3, 0.4) is 0 Å². The maximum absolute atomic E-state index is 13.1. The predicted octanol–water partition coefficient (Wildman–Crippen LogP) is 4.32. The normalized spacial score (nSPS) is 11.7. The largest absolute Gasteiger partial charge is 0.378 e. The van der Waals surface area contributed by atoms with Crippen LogP contribution in [0.1, 0.15) is 16.7 Å². The third-order valence-electron chi connectivity index (χ3n) is 2.87. The molecule has 2 aromatic carbocycles. The minimum absolute atomic E-state index is 0.229. The van der Waals surface area contributed by atoms with Crippen LogP contribution in [0.25, 0.3) is 0 Å². The van der Waals surface area contributed by atoms with Crippen molar-refractivity contribution < 1.29 is 4.39 Å². The van der Waals surface area contributed by atoms with Crippen molar-refractivity contribution in [1.82, 2.24) is 0 Å². The Labute approximate surface area is 122 Å². The van der Waals surface area contributed by atoms with Crippen LogP contribution >= 0.6 is 11.8 Å². The Bertz CT molecular complexity index is 638. The molecule has 0 aromatic heterocycles. The second-order valence-corrected chi connectivity index (χ2v) is 5.65. The Morgan fingerprint density at radius 2 is 2.00 bits per heavy atom. The van der Waals surface area contributed by atoms with Gasteiger partial charge in [0.15, 0.2) is 5.17 Å². The summed E-state index contributed by atoms with van der Waals surface area (Å²) >= 11 is 1.41. The average Bonchev–Trinajstić information content (AvgIpc) is 2.41. The van der Waals surface area contributed by atoms with E-state index in [0.717, 1.165) is 22.4 Å². The lowest BCUT2D eigenvalue weighted by Gasteiger charge is -2.05. The zero-order valence-electron chi connectivity index (χ0n) is 11.6. The van der Waals surface area contributed by atoms with E-state index in [9.17, 15) is 4.39 Å². The van der Waals surface area contributed by atoms with Crippen LogP contribution in [-0.4, -0.2) is 5.17 Å². The summed E-state index contributed by atoms with van der Waals surface area (Å²) in [5.74, 6) is 0.381. The van der Waals surface area contributed by atoms with Gasteiger partial charge in [0.1, 0.15) is 5.82 Å². The maximum Gasteiger partial charge on any atom is 0.159 e. The highest BCUT2D eigenvalue weighted by Gasteiger charge is 2.01. The minimum Gasteiger partial charge on any atom is -0.378 e. The number of hydrogen-bond acceptors (Lipinski definition) is 2. The van der Waals surface area contributed by atoms with Gasteiger partial charge in [-0.05, 0) is 48.7 Å².